The van der Waals surface area contributed by atoms with Gasteiger partial charge in [-0.2, -0.15) is 4.99 Å². The fraction of sp³-hybridized carbons (Fsp3) is 0.211. The van der Waals surface area contributed by atoms with Crippen LogP contribution in [-0.4, -0.2) is 38.2 Å². The summed E-state index contributed by atoms with van der Waals surface area (Å²) in [7, 11) is -2.07. The molecule has 3 aromatic rings. The topological polar surface area (TPSA) is 94.8 Å². The van der Waals surface area contributed by atoms with E-state index in [1.807, 2.05) is 0 Å². The number of carbonyl (C=O) groups excluding carboxylic acids is 2. The lowest BCUT2D eigenvalue weighted by molar-refractivity contribution is -0.141. The lowest BCUT2D eigenvalue weighted by atomic mass is 10.1. The first-order valence-corrected chi connectivity index (χ1v) is 11.1. The predicted octanol–water partition coefficient (Wildman–Crippen LogP) is 2.09. The van der Waals surface area contributed by atoms with Gasteiger partial charge in [0, 0.05) is 6.26 Å². The Bertz CT molecular complexity index is 1260. The summed E-state index contributed by atoms with van der Waals surface area (Å²) in [4.78, 5) is 28.7. The third kappa shape index (κ3) is 4.96. The SMILES string of the molecule is COC(=O)Cn1c(=NC(=O)Cc2ccc(S(C)(=O)=O)cc2)sc2cc(F)ccc21. The van der Waals surface area contributed by atoms with E-state index in [2.05, 4.69) is 9.73 Å². The first-order valence-electron chi connectivity index (χ1n) is 8.39. The summed E-state index contributed by atoms with van der Waals surface area (Å²) in [6.07, 6.45) is 1.05. The van der Waals surface area contributed by atoms with E-state index in [-0.39, 0.29) is 22.7 Å². The van der Waals surface area contributed by atoms with Crippen molar-refractivity contribution >= 4 is 43.3 Å². The molecule has 0 bridgehead atoms. The van der Waals surface area contributed by atoms with Crippen molar-refractivity contribution in [2.24, 2.45) is 4.99 Å². The Morgan fingerprint density at radius 2 is 1.86 bits per heavy atom. The maximum absolute atomic E-state index is 13.5. The average molecular weight is 436 g/mol. The third-order valence-electron chi connectivity index (χ3n) is 4.09. The molecule has 29 heavy (non-hydrogen) atoms. The zero-order chi connectivity index (χ0) is 21.2. The van der Waals surface area contributed by atoms with Crippen molar-refractivity contribution in [3.8, 4) is 0 Å². The Hall–Kier alpha value is -2.85. The zero-order valence-corrected chi connectivity index (χ0v) is 17.2. The van der Waals surface area contributed by atoms with E-state index in [4.69, 9.17) is 0 Å². The highest BCUT2D eigenvalue weighted by molar-refractivity contribution is 7.90. The minimum atomic E-state index is -3.32. The molecule has 0 atom stereocenters. The van der Waals surface area contributed by atoms with Crippen LogP contribution in [0.4, 0.5) is 4.39 Å². The van der Waals surface area contributed by atoms with Crippen molar-refractivity contribution in [1.29, 1.82) is 0 Å². The molecule has 1 amide bonds. The Morgan fingerprint density at radius 3 is 2.48 bits per heavy atom. The number of aromatic nitrogens is 1. The second-order valence-electron chi connectivity index (χ2n) is 6.26. The molecule has 0 aliphatic rings. The summed E-state index contributed by atoms with van der Waals surface area (Å²) in [5.41, 5.74) is 1.16. The number of thiazole rings is 1. The lowest BCUT2D eigenvalue weighted by Gasteiger charge is -2.04. The lowest BCUT2D eigenvalue weighted by Crippen LogP contribution is -2.22. The van der Waals surface area contributed by atoms with Gasteiger partial charge in [-0.3, -0.25) is 9.59 Å². The molecule has 7 nitrogen and oxygen atoms in total. The van der Waals surface area contributed by atoms with Crippen LogP contribution in [0.3, 0.4) is 0 Å². The number of benzene rings is 2. The molecule has 0 aliphatic carbocycles. The zero-order valence-electron chi connectivity index (χ0n) is 15.6. The number of fused-ring (bicyclic) bond motifs is 1. The third-order valence-corrected chi connectivity index (χ3v) is 6.26. The van der Waals surface area contributed by atoms with Crippen LogP contribution in [0.5, 0.6) is 0 Å². The standard InChI is InChI=1S/C19H17FN2O5S2/c1-27-18(24)11-22-15-8-5-13(20)10-16(15)28-19(22)21-17(23)9-12-3-6-14(7-4-12)29(2,25)26/h3-8,10H,9,11H2,1-2H3. The molecule has 0 radical (unpaired) electrons. The van der Waals surface area contributed by atoms with Crippen molar-refractivity contribution in [3.05, 3.63) is 58.6 Å². The summed E-state index contributed by atoms with van der Waals surface area (Å²) in [5, 5.41) is 0. The number of hydrogen-bond donors (Lipinski definition) is 0. The molecule has 2 aromatic carbocycles. The van der Waals surface area contributed by atoms with Gasteiger partial charge in [-0.05, 0) is 35.9 Å². The highest BCUT2D eigenvalue weighted by Crippen LogP contribution is 2.19. The number of carbonyl (C=O) groups is 2. The minimum absolute atomic E-state index is 0.0507. The molecule has 10 heteroatoms. The first kappa shape index (κ1) is 20.9. The number of ether oxygens (including phenoxy) is 1. The van der Waals surface area contributed by atoms with Crippen molar-refractivity contribution in [1.82, 2.24) is 4.57 Å². The van der Waals surface area contributed by atoms with E-state index in [1.165, 1.54) is 42.0 Å². The Morgan fingerprint density at radius 1 is 1.17 bits per heavy atom. The molecule has 1 heterocycles. The number of hydrogen-bond acceptors (Lipinski definition) is 6. The van der Waals surface area contributed by atoms with Crippen LogP contribution < -0.4 is 4.80 Å². The van der Waals surface area contributed by atoms with Gasteiger partial charge in [0.05, 0.1) is 28.6 Å². The van der Waals surface area contributed by atoms with E-state index in [0.717, 1.165) is 17.6 Å². The maximum Gasteiger partial charge on any atom is 0.325 e. The number of rotatable bonds is 5. The molecule has 1 aromatic heterocycles. The number of methoxy groups -OCH3 is 1. The van der Waals surface area contributed by atoms with E-state index in [0.29, 0.717) is 15.8 Å². The predicted molar refractivity (Wildman–Crippen MR) is 106 cm³/mol. The van der Waals surface area contributed by atoms with Crippen LogP contribution >= 0.6 is 11.3 Å². The van der Waals surface area contributed by atoms with Crippen LogP contribution in [-0.2, 0) is 37.1 Å². The highest BCUT2D eigenvalue weighted by atomic mass is 32.2. The summed E-state index contributed by atoms with van der Waals surface area (Å²) in [5.74, 6) is -1.45. The van der Waals surface area contributed by atoms with Crippen LogP contribution in [0.25, 0.3) is 10.2 Å². The molecule has 0 unspecified atom stereocenters. The fourth-order valence-corrected chi connectivity index (χ4v) is 4.36. The van der Waals surface area contributed by atoms with Gasteiger partial charge < -0.3 is 9.30 Å². The van der Waals surface area contributed by atoms with Crippen molar-refractivity contribution in [2.45, 2.75) is 17.9 Å². The second kappa shape index (κ2) is 8.26. The first-order chi connectivity index (χ1) is 13.7. The molecule has 0 fully saturated rings. The average Bonchev–Trinajstić information content (AvgIpc) is 2.97. The minimum Gasteiger partial charge on any atom is -0.468 e. The molecule has 152 valence electrons. The fourth-order valence-electron chi connectivity index (χ4n) is 2.65. The largest absolute Gasteiger partial charge is 0.468 e. The van der Waals surface area contributed by atoms with Gasteiger partial charge in [0.25, 0.3) is 5.91 Å². The van der Waals surface area contributed by atoms with Gasteiger partial charge in [0.2, 0.25) is 0 Å². The Kier molecular flexibility index (Phi) is 5.94. The van der Waals surface area contributed by atoms with E-state index in [9.17, 15) is 22.4 Å². The van der Waals surface area contributed by atoms with Crippen LogP contribution in [0.1, 0.15) is 5.56 Å². The van der Waals surface area contributed by atoms with Crippen molar-refractivity contribution in [3.63, 3.8) is 0 Å². The number of esters is 1. The van der Waals surface area contributed by atoms with Gasteiger partial charge in [-0.25, -0.2) is 12.8 Å². The van der Waals surface area contributed by atoms with E-state index < -0.39 is 27.5 Å². The number of sulfone groups is 1. The van der Waals surface area contributed by atoms with Crippen LogP contribution in [0, 0.1) is 5.82 Å². The van der Waals surface area contributed by atoms with Gasteiger partial charge in [0.15, 0.2) is 14.6 Å². The molecular formula is C19H17FN2O5S2. The molecular weight excluding hydrogens is 419 g/mol. The number of nitrogens with zero attached hydrogens (tertiary/aromatic N) is 2. The molecule has 0 spiro atoms. The number of halogens is 1. The Balaban J connectivity index is 1.95. The number of amides is 1. The van der Waals surface area contributed by atoms with Crippen molar-refractivity contribution in [2.75, 3.05) is 13.4 Å². The monoisotopic (exact) mass is 436 g/mol. The Labute approximate surface area is 170 Å². The smallest absolute Gasteiger partial charge is 0.325 e. The summed E-state index contributed by atoms with van der Waals surface area (Å²) in [6.45, 7) is -0.169. The normalized spacial score (nSPS) is 12.3. The molecule has 0 aliphatic heterocycles. The quantitative estimate of drug-likeness (QED) is 0.571. The summed E-state index contributed by atoms with van der Waals surface area (Å²) in [6, 6.07) is 10.0. The molecule has 0 N–H and O–H groups in total. The second-order valence-corrected chi connectivity index (χ2v) is 9.28. The van der Waals surface area contributed by atoms with E-state index in [1.54, 1.807) is 12.1 Å². The molecule has 0 saturated carbocycles. The van der Waals surface area contributed by atoms with E-state index >= 15 is 0 Å². The molecule has 3 rings (SSSR count). The molecule has 0 saturated heterocycles. The van der Waals surface area contributed by atoms with Gasteiger partial charge in [-0.1, -0.05) is 23.5 Å². The van der Waals surface area contributed by atoms with Crippen LogP contribution in [0.15, 0.2) is 52.4 Å². The summed E-state index contributed by atoms with van der Waals surface area (Å²) < 4.78 is 43.3. The van der Waals surface area contributed by atoms with Crippen LogP contribution in [0.2, 0.25) is 0 Å². The van der Waals surface area contributed by atoms with Gasteiger partial charge in [-0.15, -0.1) is 0 Å². The highest BCUT2D eigenvalue weighted by Gasteiger charge is 2.13. The maximum atomic E-state index is 13.5. The summed E-state index contributed by atoms with van der Waals surface area (Å²) >= 11 is 1.08. The van der Waals surface area contributed by atoms with Crippen molar-refractivity contribution < 1.29 is 27.1 Å². The van der Waals surface area contributed by atoms with Gasteiger partial charge in [0.1, 0.15) is 12.4 Å². The van der Waals surface area contributed by atoms with Gasteiger partial charge >= 0.3 is 5.97 Å².